The van der Waals surface area contributed by atoms with Crippen molar-refractivity contribution in [3.05, 3.63) is 33.1 Å². The van der Waals surface area contributed by atoms with Crippen molar-refractivity contribution in [3.63, 3.8) is 0 Å². The number of aliphatic hydroxyl groups is 1. The monoisotopic (exact) mass is 451 g/mol. The molecule has 170 valence electrons. The summed E-state index contributed by atoms with van der Waals surface area (Å²) in [4.78, 5) is 37.0. The number of aromatic amines is 1. The third-order valence-electron chi connectivity index (χ3n) is 4.44. The first-order chi connectivity index (χ1) is 13.7. The van der Waals surface area contributed by atoms with Crippen LogP contribution in [0.1, 0.15) is 33.9 Å². The highest BCUT2D eigenvalue weighted by molar-refractivity contribution is 7.56. The number of rotatable bonds is 8. The molecule has 0 saturated carbocycles. The molecule has 11 nitrogen and oxygen atoms in total. The number of aromatic nitrogens is 2. The summed E-state index contributed by atoms with van der Waals surface area (Å²) >= 11 is 0. The quantitative estimate of drug-likeness (QED) is 0.374. The lowest BCUT2D eigenvalue weighted by Gasteiger charge is -2.24. The number of nitrogens with zero attached hydrogens (tertiary/aromatic N) is 1. The Bertz CT molecular complexity index is 930. The van der Waals surface area contributed by atoms with Gasteiger partial charge < -0.3 is 19.1 Å². The van der Waals surface area contributed by atoms with Crippen molar-refractivity contribution in [2.24, 2.45) is 0 Å². The van der Waals surface area contributed by atoms with Crippen molar-refractivity contribution in [2.45, 2.75) is 63.9 Å². The van der Waals surface area contributed by atoms with E-state index in [1.54, 1.807) is 13.8 Å². The Labute approximate surface area is 172 Å². The van der Waals surface area contributed by atoms with Crippen LogP contribution in [0.3, 0.4) is 0 Å². The lowest BCUT2D eigenvalue weighted by atomic mass is 9.98. The maximum atomic E-state index is 15.1. The van der Waals surface area contributed by atoms with Crippen molar-refractivity contribution in [1.29, 1.82) is 0 Å². The summed E-state index contributed by atoms with van der Waals surface area (Å²) in [6.45, 7) is 6.55. The number of esters is 1. The van der Waals surface area contributed by atoms with E-state index in [4.69, 9.17) is 14.0 Å². The van der Waals surface area contributed by atoms with E-state index in [-0.39, 0.29) is 6.10 Å². The topological polar surface area (TPSA) is 149 Å². The Hall–Kier alpha value is -1.85. The van der Waals surface area contributed by atoms with Crippen LogP contribution in [0, 0.1) is 0 Å². The number of hydrogen-bond donors (Lipinski definition) is 3. The molecule has 0 aliphatic carbocycles. The smallest absolute Gasteiger partial charge is 0.330 e. The molecule has 0 bridgehead atoms. The predicted molar refractivity (Wildman–Crippen MR) is 104 cm³/mol. The van der Waals surface area contributed by atoms with E-state index in [0.29, 0.717) is 0 Å². The molecule has 0 spiro atoms. The van der Waals surface area contributed by atoms with E-state index < -0.39 is 61.5 Å². The maximum absolute atomic E-state index is 15.1. The lowest BCUT2D eigenvalue weighted by molar-refractivity contribution is -0.149. The van der Waals surface area contributed by atoms with Crippen LogP contribution in [0.4, 0.5) is 4.39 Å². The fourth-order valence-corrected chi connectivity index (χ4v) is 4.27. The summed E-state index contributed by atoms with van der Waals surface area (Å²) in [5.74, 6) is -0.623. The van der Waals surface area contributed by atoms with Crippen LogP contribution in [-0.2, 0) is 23.4 Å². The van der Waals surface area contributed by atoms with Crippen LogP contribution in [0.5, 0.6) is 0 Å². The van der Waals surface area contributed by atoms with Gasteiger partial charge in [-0.1, -0.05) is 0 Å². The number of nitrogens with one attached hydrogen (secondary N) is 2. The molecule has 13 heteroatoms. The molecule has 2 heterocycles. The fraction of sp³-hybridized carbons (Fsp3) is 0.706. The van der Waals surface area contributed by atoms with Crippen molar-refractivity contribution in [2.75, 3.05) is 13.3 Å². The number of H-pyrrole nitrogens is 1. The number of alkyl halides is 1. The minimum Gasteiger partial charge on any atom is -0.462 e. The van der Waals surface area contributed by atoms with Gasteiger partial charge in [0.05, 0.1) is 12.7 Å². The number of carbonyl (C=O) groups is 1. The Morgan fingerprint density at radius 3 is 2.67 bits per heavy atom. The minimum absolute atomic E-state index is 0.351. The third-order valence-corrected chi connectivity index (χ3v) is 5.94. The first-order valence-corrected chi connectivity index (χ1v) is 11.4. The molecule has 1 saturated heterocycles. The molecule has 6 atom stereocenters. The number of ether oxygens (including phenoxy) is 2. The Balaban J connectivity index is 2.06. The Kier molecular flexibility index (Phi) is 7.41. The van der Waals surface area contributed by atoms with Gasteiger partial charge in [-0.2, -0.15) is 0 Å². The maximum Gasteiger partial charge on any atom is 0.330 e. The summed E-state index contributed by atoms with van der Waals surface area (Å²) in [5.41, 5.74) is -3.99. The highest BCUT2D eigenvalue weighted by Crippen LogP contribution is 2.44. The van der Waals surface area contributed by atoms with Gasteiger partial charge in [0.1, 0.15) is 18.2 Å². The van der Waals surface area contributed by atoms with Crippen LogP contribution in [-0.4, -0.2) is 63.9 Å². The number of aliphatic hydroxyl groups excluding tert-OH is 1. The van der Waals surface area contributed by atoms with E-state index in [2.05, 4.69) is 5.09 Å². The summed E-state index contributed by atoms with van der Waals surface area (Å²) in [6.07, 6.45) is -3.83. The summed E-state index contributed by atoms with van der Waals surface area (Å²) in [6, 6.07) is 0.0790. The molecule has 0 aromatic carbocycles. The van der Waals surface area contributed by atoms with E-state index in [1.807, 2.05) is 4.98 Å². The fourth-order valence-electron chi connectivity index (χ4n) is 2.95. The molecule has 1 aromatic rings. The van der Waals surface area contributed by atoms with Gasteiger partial charge in [0.25, 0.3) is 13.1 Å². The number of halogens is 1. The molecular weight excluding hydrogens is 424 g/mol. The van der Waals surface area contributed by atoms with Crippen LogP contribution in [0.15, 0.2) is 21.9 Å². The van der Waals surface area contributed by atoms with Crippen molar-refractivity contribution in [1.82, 2.24) is 14.6 Å². The normalized spacial score (nSPS) is 29.5. The standard InChI is InChI=1S/C17H27FN3O8P/c1-9(2)28-14(24)10(3)20-30(5,26)27-8-11-13(23)17(4,18)15(29-11)21-7-6-12(22)19-16(21)25/h6-7,9-11,13,15,23H,8H2,1-5H3,(H,20,26)(H,19,22,25)/t10-,11+,13+,15+,17+,30?/m0/s1. The molecule has 0 amide bonds. The lowest BCUT2D eigenvalue weighted by Crippen LogP contribution is -2.43. The van der Waals surface area contributed by atoms with Crippen molar-refractivity contribution >= 4 is 13.5 Å². The van der Waals surface area contributed by atoms with Crippen molar-refractivity contribution in [3.8, 4) is 0 Å². The molecule has 1 aliphatic heterocycles. The molecular formula is C17H27FN3O8P. The van der Waals surface area contributed by atoms with E-state index in [9.17, 15) is 24.1 Å². The summed E-state index contributed by atoms with van der Waals surface area (Å²) < 4.78 is 44.3. The molecule has 3 N–H and O–H groups in total. The molecule has 1 fully saturated rings. The van der Waals surface area contributed by atoms with Gasteiger partial charge >= 0.3 is 11.7 Å². The average molecular weight is 451 g/mol. The molecule has 1 unspecified atom stereocenters. The second-order valence-corrected chi connectivity index (χ2v) is 9.83. The van der Waals surface area contributed by atoms with Gasteiger partial charge in [0.2, 0.25) is 0 Å². The van der Waals surface area contributed by atoms with Gasteiger partial charge in [0, 0.05) is 18.9 Å². The molecule has 2 rings (SSSR count). The SMILES string of the molecule is CC(C)OC(=O)[C@H](C)NP(C)(=O)OC[C@H]1O[C@@H](n2ccc(=O)[nH]c2=O)[C@](C)(F)[C@@H]1O. The minimum atomic E-state index is -3.55. The number of carbonyl (C=O) groups excluding carboxylic acids is 1. The number of hydrogen-bond acceptors (Lipinski definition) is 8. The van der Waals surface area contributed by atoms with Crippen LogP contribution in [0.25, 0.3) is 0 Å². The van der Waals surface area contributed by atoms with Crippen LogP contribution >= 0.6 is 7.52 Å². The molecule has 0 radical (unpaired) electrons. The first-order valence-electron chi connectivity index (χ1n) is 9.29. The second-order valence-electron chi connectivity index (χ2n) is 7.62. The van der Waals surface area contributed by atoms with E-state index in [1.165, 1.54) is 13.6 Å². The highest BCUT2D eigenvalue weighted by Gasteiger charge is 2.55. The predicted octanol–water partition coefficient (Wildman–Crippen LogP) is 0.292. The third kappa shape index (κ3) is 5.64. The highest BCUT2D eigenvalue weighted by atomic mass is 31.2. The zero-order valence-electron chi connectivity index (χ0n) is 17.3. The van der Waals surface area contributed by atoms with Gasteiger partial charge in [0.15, 0.2) is 11.9 Å². The molecule has 1 aromatic heterocycles. The Morgan fingerprint density at radius 2 is 2.10 bits per heavy atom. The Morgan fingerprint density at radius 1 is 1.47 bits per heavy atom. The second kappa shape index (κ2) is 9.11. The van der Waals surface area contributed by atoms with Gasteiger partial charge in [-0.25, -0.2) is 14.3 Å². The largest absolute Gasteiger partial charge is 0.462 e. The van der Waals surface area contributed by atoms with Crippen LogP contribution in [0.2, 0.25) is 0 Å². The molecule has 30 heavy (non-hydrogen) atoms. The first kappa shape index (κ1) is 24.4. The summed E-state index contributed by atoms with van der Waals surface area (Å²) in [5, 5.41) is 12.8. The van der Waals surface area contributed by atoms with Gasteiger partial charge in [-0.3, -0.25) is 23.7 Å². The molecule has 1 aliphatic rings. The van der Waals surface area contributed by atoms with Gasteiger partial charge in [-0.15, -0.1) is 0 Å². The van der Waals surface area contributed by atoms with Crippen LogP contribution < -0.4 is 16.3 Å². The zero-order valence-corrected chi connectivity index (χ0v) is 18.2. The van der Waals surface area contributed by atoms with E-state index >= 15 is 4.39 Å². The van der Waals surface area contributed by atoms with E-state index in [0.717, 1.165) is 23.8 Å². The average Bonchev–Trinajstić information content (AvgIpc) is 2.82. The van der Waals surface area contributed by atoms with Crippen molar-refractivity contribution < 1.29 is 32.9 Å². The van der Waals surface area contributed by atoms with Gasteiger partial charge in [-0.05, 0) is 27.7 Å². The zero-order chi connectivity index (χ0) is 22.9. The summed E-state index contributed by atoms with van der Waals surface area (Å²) in [7, 11) is -3.55.